The summed E-state index contributed by atoms with van der Waals surface area (Å²) in [5, 5.41) is 0. The lowest BCUT2D eigenvalue weighted by atomic mass is 9.70. The molecule has 0 unspecified atom stereocenters. The lowest BCUT2D eigenvalue weighted by molar-refractivity contribution is 0.300. The number of aryl methyl sites for hydroxylation is 3. The summed E-state index contributed by atoms with van der Waals surface area (Å²) in [6, 6.07) is 59.5. The molecule has 83 heavy (non-hydrogen) atoms. The Bertz CT molecular complexity index is 3830. The predicted octanol–water partition coefficient (Wildman–Crippen LogP) is 15.4. The van der Waals surface area contributed by atoms with E-state index in [0.29, 0.717) is 39.1 Å². The van der Waals surface area contributed by atoms with E-state index in [9.17, 15) is 19.2 Å². The van der Waals surface area contributed by atoms with Crippen LogP contribution in [0.15, 0.2) is 201 Å². The Morgan fingerprint density at radius 2 is 0.831 bits per heavy atom. The number of aromatic amines is 2. The topological polar surface area (TPSA) is 135 Å². The van der Waals surface area contributed by atoms with Crippen LogP contribution in [0.25, 0.3) is 33.4 Å². The molecule has 2 N–H and O–H groups in total. The Morgan fingerprint density at radius 1 is 0.434 bits per heavy atom. The molecule has 426 valence electrons. The quantitative estimate of drug-likeness (QED) is 0.0486. The summed E-state index contributed by atoms with van der Waals surface area (Å²) in [5.41, 5.74) is 15.2. The third-order valence-electron chi connectivity index (χ3n) is 16.3. The van der Waals surface area contributed by atoms with Gasteiger partial charge in [-0.2, -0.15) is 0 Å². The molecule has 9 aromatic rings. The number of hydrogen-bond acceptors (Lipinski definition) is 8. The first kappa shape index (κ1) is 57.3. The first-order chi connectivity index (χ1) is 40.5. The zero-order valence-corrected chi connectivity index (χ0v) is 48.4. The van der Waals surface area contributed by atoms with Crippen LogP contribution in [0.2, 0.25) is 0 Å². The summed E-state index contributed by atoms with van der Waals surface area (Å²) in [6.07, 6.45) is 16.6. The number of hydrogen-bond donors (Lipinski definition) is 2. The Kier molecular flexibility index (Phi) is 18.5. The molecule has 0 fully saturated rings. The molecule has 12 heteroatoms. The van der Waals surface area contributed by atoms with Gasteiger partial charge in [0.1, 0.15) is 11.5 Å². The maximum Gasteiger partial charge on any atom is 0.328 e. The molecule has 0 saturated carbocycles. The number of H-pyrrole nitrogens is 2. The van der Waals surface area contributed by atoms with E-state index in [-0.39, 0.29) is 5.41 Å². The van der Waals surface area contributed by atoms with Gasteiger partial charge in [0, 0.05) is 78.5 Å². The van der Waals surface area contributed by atoms with Crippen molar-refractivity contribution >= 4 is 28.4 Å². The van der Waals surface area contributed by atoms with Crippen LogP contribution in [0.4, 0.5) is 28.4 Å². The molecule has 1 aliphatic carbocycles. The molecular formula is C71H76N6O6. The fourth-order valence-corrected chi connectivity index (χ4v) is 11.8. The second-order valence-corrected chi connectivity index (χ2v) is 22.0. The van der Waals surface area contributed by atoms with Crippen LogP contribution in [0.1, 0.15) is 108 Å². The molecular weight excluding hydrogens is 1030 g/mol. The average molecular weight is 1110 g/mol. The Labute approximate surface area is 486 Å². The second kappa shape index (κ2) is 26.8. The summed E-state index contributed by atoms with van der Waals surface area (Å²) in [4.78, 5) is 56.2. The lowest BCUT2D eigenvalue weighted by Gasteiger charge is -2.33. The minimum Gasteiger partial charge on any atom is -0.494 e. The summed E-state index contributed by atoms with van der Waals surface area (Å²) in [7, 11) is 2.05. The van der Waals surface area contributed by atoms with Crippen molar-refractivity contribution in [2.75, 3.05) is 30.1 Å². The maximum absolute atomic E-state index is 12.2. The number of rotatable bonds is 27. The highest BCUT2D eigenvalue weighted by Gasteiger charge is 2.42. The average Bonchev–Trinajstić information content (AvgIpc) is 2.36. The van der Waals surface area contributed by atoms with Gasteiger partial charge in [-0.15, -0.1) is 0 Å². The molecule has 0 atom stereocenters. The number of fused-ring (bicyclic) bond motifs is 3. The second-order valence-electron chi connectivity index (χ2n) is 22.0. The molecule has 0 bridgehead atoms. The van der Waals surface area contributed by atoms with Gasteiger partial charge in [0.15, 0.2) is 0 Å². The molecule has 2 heterocycles. The van der Waals surface area contributed by atoms with Gasteiger partial charge in [-0.3, -0.25) is 19.6 Å². The number of nitrogens with zero attached hydrogens (tertiary/aromatic N) is 4. The van der Waals surface area contributed by atoms with Crippen LogP contribution in [-0.2, 0) is 18.5 Å². The van der Waals surface area contributed by atoms with Crippen LogP contribution in [0.5, 0.6) is 11.5 Å². The zero-order chi connectivity index (χ0) is 57.7. The Morgan fingerprint density at radius 3 is 1.29 bits per heavy atom. The van der Waals surface area contributed by atoms with E-state index in [1.54, 1.807) is 0 Å². The Balaban J connectivity index is 0.877. The van der Waals surface area contributed by atoms with Crippen molar-refractivity contribution in [3.63, 3.8) is 0 Å². The van der Waals surface area contributed by atoms with Crippen molar-refractivity contribution in [3.05, 3.63) is 241 Å². The molecule has 7 aromatic carbocycles. The monoisotopic (exact) mass is 1110 g/mol. The van der Waals surface area contributed by atoms with Crippen LogP contribution in [0.3, 0.4) is 0 Å². The van der Waals surface area contributed by atoms with E-state index >= 15 is 0 Å². The number of anilines is 5. The van der Waals surface area contributed by atoms with Gasteiger partial charge in [-0.25, -0.2) is 9.59 Å². The molecule has 0 radical (unpaired) electrons. The van der Waals surface area contributed by atoms with Gasteiger partial charge in [0.2, 0.25) is 0 Å². The molecule has 0 saturated heterocycles. The van der Waals surface area contributed by atoms with Crippen molar-refractivity contribution in [3.8, 4) is 44.9 Å². The number of benzene rings is 7. The summed E-state index contributed by atoms with van der Waals surface area (Å²) in [5.74, 6) is 1.46. The van der Waals surface area contributed by atoms with Crippen LogP contribution >= 0.6 is 0 Å². The van der Waals surface area contributed by atoms with Gasteiger partial charge in [0.25, 0.3) is 11.1 Å². The number of aromatic nitrogens is 4. The molecule has 0 spiro atoms. The van der Waals surface area contributed by atoms with E-state index in [1.807, 2.05) is 43.4 Å². The van der Waals surface area contributed by atoms with Gasteiger partial charge < -0.3 is 28.4 Å². The lowest BCUT2D eigenvalue weighted by Crippen LogP contribution is -2.29. The van der Waals surface area contributed by atoms with Gasteiger partial charge in [-0.05, 0) is 168 Å². The van der Waals surface area contributed by atoms with E-state index in [2.05, 4.69) is 162 Å². The van der Waals surface area contributed by atoms with Crippen molar-refractivity contribution in [2.45, 2.75) is 116 Å². The summed E-state index contributed by atoms with van der Waals surface area (Å²) < 4.78 is 15.1. The smallest absolute Gasteiger partial charge is 0.328 e. The third kappa shape index (κ3) is 13.6. The number of ether oxygens (including phenoxy) is 2. The van der Waals surface area contributed by atoms with E-state index < -0.39 is 22.5 Å². The van der Waals surface area contributed by atoms with E-state index in [0.717, 1.165) is 51.1 Å². The molecule has 0 aliphatic heterocycles. The van der Waals surface area contributed by atoms with Crippen molar-refractivity contribution in [1.82, 2.24) is 19.1 Å². The summed E-state index contributed by atoms with van der Waals surface area (Å²) >= 11 is 0. The molecule has 0 amide bonds. The van der Waals surface area contributed by atoms with Crippen molar-refractivity contribution < 1.29 is 9.47 Å². The Hall–Kier alpha value is -8.90. The highest BCUT2D eigenvalue weighted by atomic mass is 16.5. The van der Waals surface area contributed by atoms with Crippen molar-refractivity contribution in [2.24, 2.45) is 0 Å². The molecule has 2 aromatic heterocycles. The fourth-order valence-electron chi connectivity index (χ4n) is 11.8. The first-order valence-electron chi connectivity index (χ1n) is 29.7. The van der Waals surface area contributed by atoms with Crippen LogP contribution < -0.4 is 41.8 Å². The largest absolute Gasteiger partial charge is 0.494 e. The minimum absolute atomic E-state index is 0.00119. The van der Waals surface area contributed by atoms with Crippen LogP contribution in [0, 0.1) is 6.92 Å². The molecule has 12 nitrogen and oxygen atoms in total. The molecule has 10 rings (SSSR count). The summed E-state index contributed by atoms with van der Waals surface area (Å²) in [6.45, 7) is 8.55. The first-order valence-corrected chi connectivity index (χ1v) is 29.7. The van der Waals surface area contributed by atoms with Gasteiger partial charge in [0.05, 0.1) is 13.2 Å². The van der Waals surface area contributed by atoms with Crippen LogP contribution in [-0.4, -0.2) is 39.4 Å². The standard InChI is InChI=1S/C71H76N6O6/c1-5-7-9-11-41-71(42-12-10-8-6-2)65-49-51(3)15-37-63(65)64-38-22-55(50-66(64)71)54-20-27-59(28-21-54)77(60-31-35-62(36-32-60)83-48-14-44-76-46-40-68(79)73-70(76)81)58-25-18-53(19-26-58)52-16-23-56(24-17-52)74(4)57-29-33-61(34-30-57)82-47-13-43-75-45-39-67(78)72-69(75)80/h15-40,45-46,49-50H,5-14,41-44,47-48H2,1-4H3,(H,72,78,80)(H,73,79,81). The maximum atomic E-state index is 12.2. The highest BCUT2D eigenvalue weighted by molar-refractivity contribution is 5.85. The van der Waals surface area contributed by atoms with Crippen molar-refractivity contribution in [1.29, 1.82) is 0 Å². The normalized spacial score (nSPS) is 12.2. The predicted molar refractivity (Wildman–Crippen MR) is 338 cm³/mol. The fraction of sp³-hybridized carbons (Fsp3) is 0.296. The third-order valence-corrected chi connectivity index (χ3v) is 16.3. The zero-order valence-electron chi connectivity index (χ0n) is 48.4. The SMILES string of the molecule is CCCCCCC1(CCCCCC)c2cc(C)ccc2-c2ccc(-c3ccc(N(c4ccc(OCCCn5ccc(=O)[nH]c5=O)cc4)c4ccc(-c5ccc(N(C)c6ccc(OCCCn7ccc(=O)[nH]c7=O)cc6)cc5)cc4)cc3)cc21. The van der Waals surface area contributed by atoms with Gasteiger partial charge in [-0.1, -0.05) is 138 Å². The molecule has 1 aliphatic rings. The number of nitrogens with one attached hydrogen (secondary N) is 2. The number of unbranched alkanes of at least 4 members (excludes halogenated alkanes) is 6. The van der Waals surface area contributed by atoms with E-state index in [1.165, 1.54) is 137 Å². The van der Waals surface area contributed by atoms with Gasteiger partial charge >= 0.3 is 11.4 Å². The van der Waals surface area contributed by atoms with E-state index in [4.69, 9.17) is 9.47 Å². The minimum atomic E-state index is -0.427. The highest BCUT2D eigenvalue weighted by Crippen LogP contribution is 2.55.